The molecule has 2 rings (SSSR count). The molecule has 5 nitrogen and oxygen atoms in total. The van der Waals surface area contributed by atoms with E-state index in [1.54, 1.807) is 0 Å². The van der Waals surface area contributed by atoms with Crippen LogP contribution in [0.2, 0.25) is 0 Å². The number of morpholine rings is 1. The molecule has 1 saturated heterocycles. The van der Waals surface area contributed by atoms with Gasteiger partial charge in [0.05, 0.1) is 30.4 Å². The van der Waals surface area contributed by atoms with Gasteiger partial charge in [0.2, 0.25) is 0 Å². The average Bonchev–Trinajstić information content (AvgIpc) is 2.38. The molecule has 100 valence electrons. The fourth-order valence-corrected chi connectivity index (χ4v) is 2.59. The van der Waals surface area contributed by atoms with E-state index in [1.807, 2.05) is 23.1 Å². The van der Waals surface area contributed by atoms with Gasteiger partial charge in [0.1, 0.15) is 6.07 Å². The van der Waals surface area contributed by atoms with Crippen LogP contribution < -0.4 is 4.90 Å². The maximum absolute atomic E-state index is 10.7. The van der Waals surface area contributed by atoms with Crippen LogP contribution >= 0.6 is 15.9 Å². The van der Waals surface area contributed by atoms with Crippen LogP contribution in [-0.2, 0) is 9.53 Å². The zero-order valence-corrected chi connectivity index (χ0v) is 11.8. The van der Waals surface area contributed by atoms with Crippen LogP contribution in [0.3, 0.4) is 0 Å². The number of hydrogen-bond donors (Lipinski definition) is 1. The number of rotatable bonds is 3. The van der Waals surface area contributed by atoms with Gasteiger partial charge in [0.15, 0.2) is 0 Å². The molecular weight excluding hydrogens is 312 g/mol. The fraction of sp³-hybridized carbons (Fsp3) is 0.385. The Labute approximate surface area is 119 Å². The van der Waals surface area contributed by atoms with Crippen molar-refractivity contribution in [3.63, 3.8) is 0 Å². The molecule has 1 N–H and O–H groups in total. The highest BCUT2D eigenvalue weighted by atomic mass is 79.9. The Morgan fingerprint density at radius 2 is 2.42 bits per heavy atom. The first-order valence-corrected chi connectivity index (χ1v) is 6.68. The lowest BCUT2D eigenvalue weighted by Crippen LogP contribution is -2.43. The molecule has 0 aromatic heterocycles. The Morgan fingerprint density at radius 3 is 3.11 bits per heavy atom. The van der Waals surface area contributed by atoms with Crippen molar-refractivity contribution < 1.29 is 14.6 Å². The summed E-state index contributed by atoms with van der Waals surface area (Å²) in [6, 6.07) is 7.72. The van der Waals surface area contributed by atoms with E-state index < -0.39 is 5.97 Å². The number of carboxylic acid groups (broad SMARTS) is 1. The molecule has 1 fully saturated rings. The van der Waals surface area contributed by atoms with Crippen LogP contribution in [0.5, 0.6) is 0 Å². The lowest BCUT2D eigenvalue weighted by Gasteiger charge is -2.34. The van der Waals surface area contributed by atoms with Crippen molar-refractivity contribution in [1.82, 2.24) is 0 Å². The lowest BCUT2D eigenvalue weighted by atomic mass is 10.1. The summed E-state index contributed by atoms with van der Waals surface area (Å²) in [6.45, 7) is 1.61. The van der Waals surface area contributed by atoms with Gasteiger partial charge in [0.25, 0.3) is 0 Å². The number of nitriles is 1. The second-order valence-electron chi connectivity index (χ2n) is 4.28. The molecule has 1 aliphatic heterocycles. The van der Waals surface area contributed by atoms with Gasteiger partial charge in [-0.1, -0.05) is 6.07 Å². The summed E-state index contributed by atoms with van der Waals surface area (Å²) in [7, 11) is 0. The highest BCUT2D eigenvalue weighted by Gasteiger charge is 2.24. The molecule has 0 amide bonds. The number of anilines is 1. The van der Waals surface area contributed by atoms with Gasteiger partial charge in [0, 0.05) is 17.6 Å². The number of nitrogens with zero attached hydrogens (tertiary/aromatic N) is 2. The minimum Gasteiger partial charge on any atom is -0.481 e. The second kappa shape index (κ2) is 6.04. The van der Waals surface area contributed by atoms with E-state index >= 15 is 0 Å². The maximum Gasteiger partial charge on any atom is 0.306 e. The van der Waals surface area contributed by atoms with E-state index in [0.29, 0.717) is 25.3 Å². The summed E-state index contributed by atoms with van der Waals surface area (Å²) >= 11 is 3.35. The first kappa shape index (κ1) is 13.8. The fourth-order valence-electron chi connectivity index (χ4n) is 2.14. The maximum atomic E-state index is 10.7. The molecule has 6 heteroatoms. The predicted octanol–water partition coefficient (Wildman–Crippen LogP) is 2.00. The molecule has 0 spiro atoms. The largest absolute Gasteiger partial charge is 0.481 e. The van der Waals surface area contributed by atoms with E-state index in [2.05, 4.69) is 22.0 Å². The number of hydrogen-bond acceptors (Lipinski definition) is 4. The summed E-state index contributed by atoms with van der Waals surface area (Å²) in [5.41, 5.74) is 1.38. The van der Waals surface area contributed by atoms with Gasteiger partial charge in [-0.15, -0.1) is 0 Å². The van der Waals surface area contributed by atoms with E-state index in [4.69, 9.17) is 9.84 Å². The van der Waals surface area contributed by atoms with Crippen molar-refractivity contribution >= 4 is 27.6 Å². The zero-order chi connectivity index (χ0) is 13.8. The van der Waals surface area contributed by atoms with Crippen molar-refractivity contribution in [2.75, 3.05) is 24.6 Å². The molecule has 1 aliphatic rings. The third-order valence-electron chi connectivity index (χ3n) is 2.99. The number of carbonyl (C=O) groups is 1. The van der Waals surface area contributed by atoms with Gasteiger partial charge < -0.3 is 14.7 Å². The van der Waals surface area contributed by atoms with Crippen LogP contribution in [-0.4, -0.2) is 36.9 Å². The normalized spacial score (nSPS) is 18.9. The first-order chi connectivity index (χ1) is 9.11. The number of aliphatic carboxylic acids is 1. The van der Waals surface area contributed by atoms with Crippen LogP contribution in [0.4, 0.5) is 5.69 Å². The van der Waals surface area contributed by atoms with Crippen molar-refractivity contribution in [2.45, 2.75) is 12.5 Å². The minimum atomic E-state index is -0.874. The number of benzene rings is 1. The van der Waals surface area contributed by atoms with E-state index in [0.717, 1.165) is 10.2 Å². The number of carboxylic acids is 1. The average molecular weight is 325 g/mol. The third-order valence-corrected chi connectivity index (χ3v) is 3.65. The molecule has 0 radical (unpaired) electrons. The summed E-state index contributed by atoms with van der Waals surface area (Å²) in [4.78, 5) is 12.7. The van der Waals surface area contributed by atoms with Crippen molar-refractivity contribution in [1.29, 1.82) is 5.26 Å². The van der Waals surface area contributed by atoms with Gasteiger partial charge in [-0.25, -0.2) is 0 Å². The Kier molecular flexibility index (Phi) is 4.40. The zero-order valence-electron chi connectivity index (χ0n) is 10.2. The Hall–Kier alpha value is -1.58. The predicted molar refractivity (Wildman–Crippen MR) is 73.1 cm³/mol. The second-order valence-corrected chi connectivity index (χ2v) is 5.14. The first-order valence-electron chi connectivity index (χ1n) is 5.88. The smallest absolute Gasteiger partial charge is 0.306 e. The van der Waals surface area contributed by atoms with Gasteiger partial charge in [-0.2, -0.15) is 5.26 Å². The molecule has 1 heterocycles. The highest BCUT2D eigenvalue weighted by Crippen LogP contribution is 2.28. The molecule has 19 heavy (non-hydrogen) atoms. The van der Waals surface area contributed by atoms with Gasteiger partial charge in [-0.05, 0) is 28.1 Å². The molecule has 0 bridgehead atoms. The highest BCUT2D eigenvalue weighted by molar-refractivity contribution is 9.10. The lowest BCUT2D eigenvalue weighted by molar-refractivity contribution is -0.140. The van der Waals surface area contributed by atoms with Crippen molar-refractivity contribution in [3.8, 4) is 6.07 Å². The molecule has 0 aliphatic carbocycles. The van der Waals surface area contributed by atoms with Crippen LogP contribution in [0.1, 0.15) is 12.0 Å². The standard InChI is InChI=1S/C13H13BrN2O3/c14-11-2-1-3-12(10(11)7-15)16-4-5-19-9(8-16)6-13(17)18/h1-3,9H,4-6,8H2,(H,17,18). The molecule has 1 aromatic rings. The SMILES string of the molecule is N#Cc1c(Br)cccc1N1CCOC(CC(=O)O)C1. The summed E-state index contributed by atoms with van der Waals surface area (Å²) in [5, 5.41) is 18.0. The van der Waals surface area contributed by atoms with E-state index in [-0.39, 0.29) is 12.5 Å². The van der Waals surface area contributed by atoms with Crippen LogP contribution in [0.25, 0.3) is 0 Å². The van der Waals surface area contributed by atoms with Crippen molar-refractivity contribution in [3.05, 3.63) is 28.2 Å². The van der Waals surface area contributed by atoms with E-state index in [1.165, 1.54) is 0 Å². The van der Waals surface area contributed by atoms with Crippen molar-refractivity contribution in [2.24, 2.45) is 0 Å². The van der Waals surface area contributed by atoms with Gasteiger partial charge >= 0.3 is 5.97 Å². The quantitative estimate of drug-likeness (QED) is 0.920. The Balaban J connectivity index is 2.20. The number of ether oxygens (including phenoxy) is 1. The Bertz CT molecular complexity index is 527. The summed E-state index contributed by atoms with van der Waals surface area (Å²) < 4.78 is 6.17. The van der Waals surface area contributed by atoms with E-state index in [9.17, 15) is 10.1 Å². The monoisotopic (exact) mass is 324 g/mol. The minimum absolute atomic E-state index is 0.0214. The Morgan fingerprint density at radius 1 is 1.63 bits per heavy atom. The molecule has 1 unspecified atom stereocenters. The molecular formula is C13H13BrN2O3. The van der Waals surface area contributed by atoms with Gasteiger partial charge in [-0.3, -0.25) is 4.79 Å². The number of halogens is 1. The molecule has 1 atom stereocenters. The summed E-state index contributed by atoms with van der Waals surface area (Å²) in [6.07, 6.45) is -0.358. The topological polar surface area (TPSA) is 73.6 Å². The third kappa shape index (κ3) is 3.25. The van der Waals surface area contributed by atoms with Crippen LogP contribution in [0, 0.1) is 11.3 Å². The van der Waals surface area contributed by atoms with Crippen LogP contribution in [0.15, 0.2) is 22.7 Å². The summed E-state index contributed by atoms with van der Waals surface area (Å²) in [5.74, 6) is -0.874. The molecule has 0 saturated carbocycles. The molecule has 1 aromatic carbocycles.